The first-order chi connectivity index (χ1) is 13.6. The van der Waals surface area contributed by atoms with E-state index in [2.05, 4.69) is 5.32 Å². The number of aryl methyl sites for hydroxylation is 1. The van der Waals surface area contributed by atoms with Gasteiger partial charge in [0.15, 0.2) is 6.61 Å². The third-order valence-corrected chi connectivity index (χ3v) is 5.81. The molecule has 0 heterocycles. The van der Waals surface area contributed by atoms with Gasteiger partial charge in [0.1, 0.15) is 5.75 Å². The van der Waals surface area contributed by atoms with E-state index in [1.165, 1.54) is 26.2 Å². The molecular weight excluding hydrogens is 396 g/mol. The van der Waals surface area contributed by atoms with Crippen LogP contribution in [-0.4, -0.2) is 51.9 Å². The van der Waals surface area contributed by atoms with Crippen molar-refractivity contribution in [2.75, 3.05) is 32.6 Å². The Morgan fingerprint density at radius 2 is 1.72 bits per heavy atom. The van der Waals surface area contributed by atoms with E-state index in [1.54, 1.807) is 44.2 Å². The first kappa shape index (κ1) is 22.4. The minimum atomic E-state index is -3.61. The number of carbonyl (C=O) groups excluding carboxylic acids is 2. The van der Waals surface area contributed by atoms with Crippen LogP contribution in [0, 0.1) is 6.92 Å². The third-order valence-electron chi connectivity index (χ3n) is 4.00. The van der Waals surface area contributed by atoms with Gasteiger partial charge in [-0.05, 0) is 55.8 Å². The van der Waals surface area contributed by atoms with Gasteiger partial charge in [0.25, 0.3) is 5.91 Å². The number of amides is 1. The van der Waals surface area contributed by atoms with E-state index >= 15 is 0 Å². The number of hydrogen-bond acceptors (Lipinski definition) is 6. The van der Waals surface area contributed by atoms with Gasteiger partial charge in [0.05, 0.1) is 17.1 Å². The molecule has 0 aliphatic rings. The first-order valence-electron chi connectivity index (χ1n) is 8.88. The van der Waals surface area contributed by atoms with Crippen LogP contribution in [-0.2, 0) is 19.6 Å². The van der Waals surface area contributed by atoms with Crippen molar-refractivity contribution in [3.8, 4) is 5.75 Å². The van der Waals surface area contributed by atoms with E-state index in [4.69, 9.17) is 9.47 Å². The lowest BCUT2D eigenvalue weighted by Gasteiger charge is -2.14. The number of rotatable bonds is 8. The Morgan fingerprint density at radius 3 is 2.31 bits per heavy atom. The Balaban J connectivity index is 2.02. The number of anilines is 1. The fourth-order valence-corrected chi connectivity index (χ4v) is 3.27. The SMILES string of the molecule is CCOC(=O)c1ccc(OCC(=O)Nc2cc(S(=O)(=O)N(C)C)ccc2C)cc1. The summed E-state index contributed by atoms with van der Waals surface area (Å²) in [6, 6.07) is 10.7. The molecule has 0 saturated carbocycles. The van der Waals surface area contributed by atoms with Crippen molar-refractivity contribution in [1.82, 2.24) is 4.31 Å². The lowest BCUT2D eigenvalue weighted by molar-refractivity contribution is -0.118. The molecule has 1 N–H and O–H groups in total. The lowest BCUT2D eigenvalue weighted by Crippen LogP contribution is -2.23. The molecule has 0 atom stereocenters. The number of hydrogen-bond donors (Lipinski definition) is 1. The molecule has 0 unspecified atom stereocenters. The predicted octanol–water partition coefficient (Wildman–Crippen LogP) is 2.44. The summed E-state index contributed by atoms with van der Waals surface area (Å²) in [6.07, 6.45) is 0. The van der Waals surface area contributed by atoms with Crippen molar-refractivity contribution >= 4 is 27.6 Å². The highest BCUT2D eigenvalue weighted by Crippen LogP contribution is 2.22. The first-order valence-corrected chi connectivity index (χ1v) is 10.3. The molecule has 2 aromatic carbocycles. The maximum Gasteiger partial charge on any atom is 0.338 e. The molecule has 2 aromatic rings. The van der Waals surface area contributed by atoms with Crippen molar-refractivity contribution in [3.63, 3.8) is 0 Å². The van der Waals surface area contributed by atoms with Gasteiger partial charge in [0, 0.05) is 19.8 Å². The molecule has 0 radical (unpaired) electrons. The molecule has 8 nitrogen and oxygen atoms in total. The van der Waals surface area contributed by atoms with Gasteiger partial charge in [0.2, 0.25) is 10.0 Å². The topological polar surface area (TPSA) is 102 Å². The molecule has 0 aliphatic heterocycles. The van der Waals surface area contributed by atoms with Crippen LogP contribution in [0.25, 0.3) is 0 Å². The van der Waals surface area contributed by atoms with Crippen molar-refractivity contribution in [1.29, 1.82) is 0 Å². The molecule has 0 spiro atoms. The highest BCUT2D eigenvalue weighted by Gasteiger charge is 2.18. The van der Waals surface area contributed by atoms with E-state index in [0.29, 0.717) is 17.0 Å². The van der Waals surface area contributed by atoms with Gasteiger partial charge < -0.3 is 14.8 Å². The number of carbonyl (C=O) groups is 2. The monoisotopic (exact) mass is 420 g/mol. The Bertz CT molecular complexity index is 985. The molecule has 0 fully saturated rings. The Labute approximate surface area is 170 Å². The summed E-state index contributed by atoms with van der Waals surface area (Å²) < 4.78 is 36.0. The number of ether oxygens (including phenoxy) is 2. The van der Waals surface area contributed by atoms with Crippen LogP contribution in [0.5, 0.6) is 5.75 Å². The normalized spacial score (nSPS) is 11.2. The van der Waals surface area contributed by atoms with Gasteiger partial charge in [-0.3, -0.25) is 4.79 Å². The van der Waals surface area contributed by atoms with E-state index in [-0.39, 0.29) is 18.1 Å². The Hall–Kier alpha value is -2.91. The molecule has 0 aromatic heterocycles. The van der Waals surface area contributed by atoms with Crippen LogP contribution in [0.4, 0.5) is 5.69 Å². The summed E-state index contributed by atoms with van der Waals surface area (Å²) >= 11 is 0. The molecular formula is C20H24N2O6S. The van der Waals surface area contributed by atoms with E-state index in [1.807, 2.05) is 0 Å². The Morgan fingerprint density at radius 1 is 1.07 bits per heavy atom. The van der Waals surface area contributed by atoms with Crippen LogP contribution in [0.3, 0.4) is 0 Å². The number of nitrogens with zero attached hydrogens (tertiary/aromatic N) is 1. The minimum absolute atomic E-state index is 0.0823. The quantitative estimate of drug-likeness (QED) is 0.658. The summed E-state index contributed by atoms with van der Waals surface area (Å²) in [5.74, 6) is -0.462. The summed E-state index contributed by atoms with van der Waals surface area (Å²) in [4.78, 5) is 23.9. The Kier molecular flexibility index (Phi) is 7.35. The van der Waals surface area contributed by atoms with E-state index in [9.17, 15) is 18.0 Å². The smallest absolute Gasteiger partial charge is 0.338 e. The molecule has 0 aliphatic carbocycles. The molecule has 2 rings (SSSR count). The van der Waals surface area contributed by atoms with Gasteiger partial charge in [-0.1, -0.05) is 6.07 Å². The fourth-order valence-electron chi connectivity index (χ4n) is 2.34. The van der Waals surface area contributed by atoms with E-state index in [0.717, 1.165) is 9.87 Å². The van der Waals surface area contributed by atoms with Crippen molar-refractivity contribution < 1.29 is 27.5 Å². The summed E-state index contributed by atoms with van der Waals surface area (Å²) in [5, 5.41) is 2.66. The molecule has 0 saturated heterocycles. The predicted molar refractivity (Wildman–Crippen MR) is 109 cm³/mol. The fraction of sp³-hybridized carbons (Fsp3) is 0.300. The van der Waals surface area contributed by atoms with Gasteiger partial charge in [-0.15, -0.1) is 0 Å². The highest BCUT2D eigenvalue weighted by atomic mass is 32.2. The van der Waals surface area contributed by atoms with Crippen LogP contribution in [0.1, 0.15) is 22.8 Å². The van der Waals surface area contributed by atoms with Crippen molar-refractivity contribution in [3.05, 3.63) is 53.6 Å². The molecule has 1 amide bonds. The zero-order chi connectivity index (χ0) is 21.6. The average molecular weight is 420 g/mol. The standard InChI is InChI=1S/C20H24N2O6S/c1-5-27-20(24)15-7-9-16(10-8-15)28-13-19(23)21-18-12-17(11-6-14(18)2)29(25,26)22(3)4/h6-12H,5,13H2,1-4H3,(H,21,23). The molecule has 156 valence electrons. The summed E-state index contributed by atoms with van der Waals surface area (Å²) in [7, 11) is -0.732. The number of esters is 1. The molecule has 29 heavy (non-hydrogen) atoms. The van der Waals surface area contributed by atoms with E-state index < -0.39 is 21.9 Å². The molecule has 0 bridgehead atoms. The number of sulfonamides is 1. The van der Waals surface area contributed by atoms with Gasteiger partial charge in [-0.25, -0.2) is 17.5 Å². The van der Waals surface area contributed by atoms with Crippen molar-refractivity contribution in [2.45, 2.75) is 18.7 Å². The number of benzene rings is 2. The second-order valence-corrected chi connectivity index (χ2v) is 8.50. The van der Waals surface area contributed by atoms with Crippen molar-refractivity contribution in [2.24, 2.45) is 0 Å². The van der Waals surface area contributed by atoms with Crippen LogP contribution >= 0.6 is 0 Å². The zero-order valence-electron chi connectivity index (χ0n) is 16.8. The van der Waals surface area contributed by atoms with Crippen LogP contribution < -0.4 is 10.1 Å². The summed E-state index contributed by atoms with van der Waals surface area (Å²) in [5.41, 5.74) is 1.49. The average Bonchev–Trinajstić information content (AvgIpc) is 2.68. The van der Waals surface area contributed by atoms with Crippen LogP contribution in [0.2, 0.25) is 0 Å². The third kappa shape index (κ3) is 5.78. The minimum Gasteiger partial charge on any atom is -0.484 e. The zero-order valence-corrected chi connectivity index (χ0v) is 17.6. The maximum atomic E-state index is 12.3. The number of nitrogens with one attached hydrogen (secondary N) is 1. The van der Waals surface area contributed by atoms with Crippen LogP contribution in [0.15, 0.2) is 47.4 Å². The lowest BCUT2D eigenvalue weighted by atomic mass is 10.2. The summed E-state index contributed by atoms with van der Waals surface area (Å²) in [6.45, 7) is 3.49. The van der Waals surface area contributed by atoms with Gasteiger partial charge in [-0.2, -0.15) is 0 Å². The maximum absolute atomic E-state index is 12.3. The highest BCUT2D eigenvalue weighted by molar-refractivity contribution is 7.89. The largest absolute Gasteiger partial charge is 0.484 e. The second kappa shape index (κ2) is 9.53. The van der Waals surface area contributed by atoms with Gasteiger partial charge >= 0.3 is 5.97 Å². The second-order valence-electron chi connectivity index (χ2n) is 6.35. The molecule has 9 heteroatoms.